The Morgan fingerprint density at radius 3 is 2.47 bits per heavy atom. The highest BCUT2D eigenvalue weighted by Crippen LogP contribution is 2.30. The Kier molecular flexibility index (Phi) is 6.67. The van der Waals surface area contributed by atoms with Crippen LogP contribution in [-0.2, 0) is 21.0 Å². The van der Waals surface area contributed by atoms with E-state index in [1.165, 1.54) is 0 Å². The number of anilines is 1. The molecule has 1 aliphatic carbocycles. The van der Waals surface area contributed by atoms with Crippen molar-refractivity contribution >= 4 is 21.6 Å². The molecule has 30 heavy (non-hydrogen) atoms. The van der Waals surface area contributed by atoms with E-state index in [0.29, 0.717) is 17.5 Å². The summed E-state index contributed by atoms with van der Waals surface area (Å²) in [4.78, 5) is 11.5. The molecule has 0 saturated heterocycles. The zero-order valence-corrected chi connectivity index (χ0v) is 16.7. The molecule has 0 atom stereocenters. The number of hydrogen-bond donors (Lipinski definition) is 2. The summed E-state index contributed by atoms with van der Waals surface area (Å²) in [5.74, 6) is -0.0622. The van der Waals surface area contributed by atoms with E-state index in [-0.39, 0.29) is 6.10 Å². The zero-order chi connectivity index (χ0) is 21.8. The summed E-state index contributed by atoms with van der Waals surface area (Å²) in [6.07, 6.45) is -0.327. The molecule has 1 amide bonds. The van der Waals surface area contributed by atoms with Crippen molar-refractivity contribution in [2.24, 2.45) is 0 Å². The van der Waals surface area contributed by atoms with Crippen LogP contribution in [0, 0.1) is 0 Å². The summed E-state index contributed by atoms with van der Waals surface area (Å²) in [6, 6.07) is 10.0. The van der Waals surface area contributed by atoms with Gasteiger partial charge in [0.15, 0.2) is 0 Å². The van der Waals surface area contributed by atoms with Crippen molar-refractivity contribution in [2.45, 2.75) is 42.9 Å². The molecule has 1 saturated carbocycles. The monoisotopic (exact) mass is 442 g/mol. The first-order chi connectivity index (χ1) is 14.1. The van der Waals surface area contributed by atoms with E-state index in [4.69, 9.17) is 4.74 Å². The van der Waals surface area contributed by atoms with Gasteiger partial charge >= 0.3 is 6.18 Å². The molecule has 3 rings (SSSR count). The van der Waals surface area contributed by atoms with Crippen LogP contribution in [0.1, 0.15) is 31.2 Å². The van der Waals surface area contributed by atoms with E-state index >= 15 is 0 Å². The Hall–Kier alpha value is -2.59. The van der Waals surface area contributed by atoms with E-state index in [9.17, 15) is 26.4 Å². The molecular weight excluding hydrogens is 421 g/mol. The third kappa shape index (κ3) is 5.96. The van der Waals surface area contributed by atoms with Crippen LogP contribution in [0.15, 0.2) is 53.4 Å². The van der Waals surface area contributed by atoms with Gasteiger partial charge in [-0.3, -0.25) is 4.79 Å². The Balaban J connectivity index is 1.59. The van der Waals surface area contributed by atoms with Crippen LogP contribution in [0.5, 0.6) is 5.75 Å². The summed E-state index contributed by atoms with van der Waals surface area (Å²) in [5.41, 5.74) is -0.664. The number of nitrogens with one attached hydrogen (secondary N) is 2. The van der Waals surface area contributed by atoms with Crippen LogP contribution < -0.4 is 14.8 Å². The predicted octanol–water partition coefficient (Wildman–Crippen LogP) is 3.94. The van der Waals surface area contributed by atoms with Gasteiger partial charge < -0.3 is 10.1 Å². The van der Waals surface area contributed by atoms with Gasteiger partial charge in [0, 0.05) is 11.8 Å². The Bertz CT molecular complexity index is 1000. The number of halogens is 3. The second-order valence-electron chi connectivity index (χ2n) is 6.95. The fraction of sp³-hybridized carbons (Fsp3) is 0.350. The van der Waals surface area contributed by atoms with Crippen molar-refractivity contribution in [3.8, 4) is 5.75 Å². The lowest BCUT2D eigenvalue weighted by atomic mass is 10.2. The molecule has 0 spiro atoms. The molecule has 0 aromatic heterocycles. The van der Waals surface area contributed by atoms with Crippen molar-refractivity contribution in [1.82, 2.24) is 4.72 Å². The number of carbonyl (C=O) groups excluding carboxylic acids is 1. The highest BCUT2D eigenvalue weighted by atomic mass is 32.2. The van der Waals surface area contributed by atoms with Gasteiger partial charge in [0.1, 0.15) is 5.75 Å². The maximum atomic E-state index is 12.8. The van der Waals surface area contributed by atoms with E-state index < -0.39 is 39.1 Å². The van der Waals surface area contributed by atoms with Gasteiger partial charge in [-0.1, -0.05) is 12.1 Å². The predicted molar refractivity (Wildman–Crippen MR) is 105 cm³/mol. The minimum Gasteiger partial charge on any atom is -0.490 e. The standard InChI is InChI=1S/C20H21F3N2O4S/c21-20(22,23)14-5-3-10-18(11-14)30(27,28)24-13-19(26)25-15-6-4-9-17(12-15)29-16-7-1-2-8-16/h3-6,9-12,16,24H,1-2,7-8,13H2,(H,25,26). The summed E-state index contributed by atoms with van der Waals surface area (Å²) in [5, 5.41) is 2.54. The van der Waals surface area contributed by atoms with Crippen LogP contribution in [0.2, 0.25) is 0 Å². The molecule has 1 aliphatic rings. The largest absolute Gasteiger partial charge is 0.490 e. The molecule has 10 heteroatoms. The van der Waals surface area contributed by atoms with Gasteiger partial charge in [-0.05, 0) is 56.0 Å². The molecule has 0 radical (unpaired) electrons. The summed E-state index contributed by atoms with van der Waals surface area (Å²) in [7, 11) is -4.29. The maximum Gasteiger partial charge on any atom is 0.416 e. The van der Waals surface area contributed by atoms with Crippen LogP contribution in [0.4, 0.5) is 18.9 Å². The number of rotatable bonds is 7. The number of carbonyl (C=O) groups is 1. The molecule has 2 aromatic rings. The molecule has 0 bridgehead atoms. The summed E-state index contributed by atoms with van der Waals surface area (Å²) >= 11 is 0. The molecule has 2 aromatic carbocycles. The van der Waals surface area contributed by atoms with Gasteiger partial charge in [-0.25, -0.2) is 13.1 Å². The first kappa shape index (κ1) is 22.1. The quantitative estimate of drug-likeness (QED) is 0.680. The lowest BCUT2D eigenvalue weighted by molar-refractivity contribution is -0.137. The first-order valence-corrected chi connectivity index (χ1v) is 10.9. The van der Waals surface area contributed by atoms with Gasteiger partial charge in [-0.15, -0.1) is 0 Å². The minimum atomic E-state index is -4.67. The fourth-order valence-electron chi connectivity index (χ4n) is 3.13. The van der Waals surface area contributed by atoms with Crippen molar-refractivity contribution < 1.29 is 31.1 Å². The van der Waals surface area contributed by atoms with Crippen molar-refractivity contribution in [3.63, 3.8) is 0 Å². The van der Waals surface area contributed by atoms with Crippen LogP contribution in [-0.4, -0.2) is 27.0 Å². The lowest BCUT2D eigenvalue weighted by Crippen LogP contribution is -2.33. The zero-order valence-electron chi connectivity index (χ0n) is 15.9. The van der Waals surface area contributed by atoms with E-state index in [2.05, 4.69) is 5.32 Å². The molecule has 6 nitrogen and oxygen atoms in total. The van der Waals surface area contributed by atoms with E-state index in [1.807, 2.05) is 4.72 Å². The third-order valence-electron chi connectivity index (χ3n) is 4.62. The lowest BCUT2D eigenvalue weighted by Gasteiger charge is -2.14. The maximum absolute atomic E-state index is 12.8. The Morgan fingerprint density at radius 2 is 1.77 bits per heavy atom. The van der Waals surface area contributed by atoms with Crippen LogP contribution in [0.25, 0.3) is 0 Å². The number of hydrogen-bond acceptors (Lipinski definition) is 4. The number of ether oxygens (including phenoxy) is 1. The Labute approximate surface area is 172 Å². The molecule has 162 valence electrons. The molecule has 0 aliphatic heterocycles. The summed E-state index contributed by atoms with van der Waals surface area (Å²) in [6.45, 7) is -0.633. The molecular formula is C20H21F3N2O4S. The first-order valence-electron chi connectivity index (χ1n) is 9.37. The topological polar surface area (TPSA) is 84.5 Å². The number of benzene rings is 2. The summed E-state index contributed by atoms with van der Waals surface area (Å²) < 4.78 is 70.7. The highest BCUT2D eigenvalue weighted by Gasteiger charge is 2.31. The van der Waals surface area contributed by atoms with Gasteiger partial charge in [-0.2, -0.15) is 13.2 Å². The van der Waals surface area contributed by atoms with Crippen LogP contribution >= 0.6 is 0 Å². The minimum absolute atomic E-state index is 0.148. The average Bonchev–Trinajstić information content (AvgIpc) is 3.19. The molecule has 0 heterocycles. The van der Waals surface area contributed by atoms with Crippen molar-refractivity contribution in [3.05, 3.63) is 54.1 Å². The number of alkyl halides is 3. The van der Waals surface area contributed by atoms with E-state index in [1.54, 1.807) is 24.3 Å². The van der Waals surface area contributed by atoms with Gasteiger partial charge in [0.25, 0.3) is 0 Å². The highest BCUT2D eigenvalue weighted by molar-refractivity contribution is 7.89. The van der Waals surface area contributed by atoms with E-state index in [0.717, 1.165) is 43.9 Å². The number of amides is 1. The average molecular weight is 442 g/mol. The molecule has 0 unspecified atom stereocenters. The molecule has 2 N–H and O–H groups in total. The molecule has 1 fully saturated rings. The van der Waals surface area contributed by atoms with Crippen molar-refractivity contribution in [2.75, 3.05) is 11.9 Å². The van der Waals surface area contributed by atoms with Gasteiger partial charge in [0.2, 0.25) is 15.9 Å². The van der Waals surface area contributed by atoms with Gasteiger partial charge in [0.05, 0.1) is 23.1 Å². The van der Waals surface area contributed by atoms with Crippen LogP contribution in [0.3, 0.4) is 0 Å². The SMILES string of the molecule is O=C(CNS(=O)(=O)c1cccc(C(F)(F)F)c1)Nc1cccc(OC2CCCC2)c1. The Morgan fingerprint density at radius 1 is 1.07 bits per heavy atom. The second-order valence-corrected chi connectivity index (χ2v) is 8.72. The second kappa shape index (κ2) is 9.05. The smallest absolute Gasteiger partial charge is 0.416 e. The normalized spacial score (nSPS) is 15.2. The van der Waals surface area contributed by atoms with Crippen molar-refractivity contribution in [1.29, 1.82) is 0 Å². The number of sulfonamides is 1. The fourth-order valence-corrected chi connectivity index (χ4v) is 4.16. The third-order valence-corrected chi connectivity index (χ3v) is 6.02.